The minimum atomic E-state index is 0.572. The largest absolute Gasteiger partial charge is 0.458 e. The summed E-state index contributed by atoms with van der Waals surface area (Å²) in [7, 11) is 0. The van der Waals surface area contributed by atoms with Crippen LogP contribution in [0.3, 0.4) is 0 Å². The molecule has 0 fully saturated rings. The summed E-state index contributed by atoms with van der Waals surface area (Å²) in [4.78, 5) is 0. The molecule has 17 heavy (non-hydrogen) atoms. The average Bonchev–Trinajstić information content (AvgIpc) is 2.36. The molecule has 94 valence electrons. The number of hydrogen-bond acceptors (Lipinski definition) is 1. The fourth-order valence-corrected chi connectivity index (χ4v) is 0.828. The maximum absolute atomic E-state index is 5.45. The van der Waals surface area contributed by atoms with Gasteiger partial charge in [0.15, 0.2) is 0 Å². The first-order chi connectivity index (χ1) is 8.13. The van der Waals surface area contributed by atoms with Crippen molar-refractivity contribution in [1.29, 1.82) is 0 Å². The molecule has 0 aromatic heterocycles. The first kappa shape index (κ1) is 17.6. The highest BCUT2D eigenvalue weighted by Gasteiger charge is 1.94. The second-order valence-corrected chi connectivity index (χ2v) is 2.96. The predicted octanol–water partition coefficient (Wildman–Crippen LogP) is 5.32. The quantitative estimate of drug-likeness (QED) is 0.445. The summed E-state index contributed by atoms with van der Waals surface area (Å²) in [5.74, 6) is 1.24. The van der Waals surface area contributed by atoms with Crippen LogP contribution in [0.2, 0.25) is 0 Å². The van der Waals surface area contributed by atoms with Gasteiger partial charge in [-0.3, -0.25) is 0 Å². The van der Waals surface area contributed by atoms with Crippen LogP contribution in [0.4, 0.5) is 0 Å². The summed E-state index contributed by atoms with van der Waals surface area (Å²) >= 11 is 0. The van der Waals surface area contributed by atoms with E-state index >= 15 is 0 Å². The zero-order valence-corrected chi connectivity index (χ0v) is 11.5. The molecule has 0 unspecified atom stereocenters. The second kappa shape index (κ2) is 12.3. The Hall–Kier alpha value is -1.76. The first-order valence-electron chi connectivity index (χ1n) is 5.77. The molecule has 0 spiro atoms. The standard InChI is InChI=1S/C14H18O.C2H6/c1-6-9-10-14(8-3)15-13(5)11-12(4)7-2;1-2/h6-11H,2-3,5H2,1,4H3;1-2H3/b9-6-,12-11-,14-10+;. The Morgan fingerprint density at radius 2 is 1.71 bits per heavy atom. The summed E-state index contributed by atoms with van der Waals surface area (Å²) in [6.45, 7) is 19.0. The molecule has 0 N–H and O–H groups in total. The summed E-state index contributed by atoms with van der Waals surface area (Å²) in [5.41, 5.74) is 1.01. The van der Waals surface area contributed by atoms with Crippen molar-refractivity contribution in [1.82, 2.24) is 0 Å². The molecule has 0 aromatic carbocycles. The smallest absolute Gasteiger partial charge is 0.126 e. The molecule has 0 aliphatic carbocycles. The molecule has 0 aromatic rings. The van der Waals surface area contributed by atoms with Crippen molar-refractivity contribution in [3.63, 3.8) is 0 Å². The Bertz CT molecular complexity index is 327. The van der Waals surface area contributed by atoms with E-state index in [1.165, 1.54) is 0 Å². The number of allylic oxidation sites excluding steroid dienone is 7. The molecule has 0 saturated heterocycles. The molecule has 0 rings (SSSR count). The van der Waals surface area contributed by atoms with Crippen molar-refractivity contribution in [2.45, 2.75) is 27.7 Å². The van der Waals surface area contributed by atoms with Gasteiger partial charge < -0.3 is 4.74 Å². The van der Waals surface area contributed by atoms with Crippen LogP contribution < -0.4 is 0 Å². The predicted molar refractivity (Wildman–Crippen MR) is 78.6 cm³/mol. The van der Waals surface area contributed by atoms with E-state index in [9.17, 15) is 0 Å². The topological polar surface area (TPSA) is 9.23 Å². The molecular formula is C16H24O. The van der Waals surface area contributed by atoms with Crippen molar-refractivity contribution in [2.24, 2.45) is 0 Å². The van der Waals surface area contributed by atoms with Crippen LogP contribution in [0.25, 0.3) is 0 Å². The molecule has 1 nitrogen and oxygen atoms in total. The third-order valence-electron chi connectivity index (χ3n) is 1.61. The Morgan fingerprint density at radius 3 is 2.12 bits per heavy atom. The van der Waals surface area contributed by atoms with E-state index in [2.05, 4.69) is 19.7 Å². The van der Waals surface area contributed by atoms with Crippen molar-refractivity contribution >= 4 is 0 Å². The monoisotopic (exact) mass is 232 g/mol. The van der Waals surface area contributed by atoms with Crippen molar-refractivity contribution in [2.75, 3.05) is 0 Å². The van der Waals surface area contributed by atoms with Crippen molar-refractivity contribution in [3.05, 3.63) is 73.3 Å². The minimum absolute atomic E-state index is 0.572. The van der Waals surface area contributed by atoms with Gasteiger partial charge in [0.2, 0.25) is 0 Å². The van der Waals surface area contributed by atoms with Gasteiger partial charge in [-0.05, 0) is 37.6 Å². The molecule has 0 saturated carbocycles. The lowest BCUT2D eigenvalue weighted by Crippen LogP contribution is -1.87. The van der Waals surface area contributed by atoms with E-state index in [1.807, 2.05) is 52.0 Å². The summed E-state index contributed by atoms with van der Waals surface area (Å²) in [6.07, 6.45) is 10.8. The second-order valence-electron chi connectivity index (χ2n) is 2.96. The Balaban J connectivity index is 0. The highest BCUT2D eigenvalue weighted by atomic mass is 16.5. The zero-order valence-electron chi connectivity index (χ0n) is 11.5. The minimum Gasteiger partial charge on any atom is -0.458 e. The molecule has 0 radical (unpaired) electrons. The van der Waals surface area contributed by atoms with Crippen molar-refractivity contribution in [3.8, 4) is 0 Å². The van der Waals surface area contributed by atoms with E-state index in [0.717, 1.165) is 5.57 Å². The maximum atomic E-state index is 5.45. The lowest BCUT2D eigenvalue weighted by molar-refractivity contribution is 0.338. The Morgan fingerprint density at radius 1 is 1.12 bits per heavy atom. The van der Waals surface area contributed by atoms with Crippen LogP contribution >= 0.6 is 0 Å². The van der Waals surface area contributed by atoms with Gasteiger partial charge in [-0.15, -0.1) is 0 Å². The van der Waals surface area contributed by atoms with E-state index < -0.39 is 0 Å². The fraction of sp³-hybridized carbons (Fsp3) is 0.250. The molecule has 0 aliphatic rings. The van der Waals surface area contributed by atoms with Crippen LogP contribution in [0.5, 0.6) is 0 Å². The zero-order chi connectivity index (χ0) is 13.7. The molecule has 0 bridgehead atoms. The molecule has 0 amide bonds. The van der Waals surface area contributed by atoms with E-state index in [-0.39, 0.29) is 0 Å². The Labute approximate surface area is 106 Å². The third kappa shape index (κ3) is 10.5. The van der Waals surface area contributed by atoms with Gasteiger partial charge in [-0.2, -0.15) is 0 Å². The van der Waals surface area contributed by atoms with Crippen molar-refractivity contribution < 1.29 is 4.74 Å². The van der Waals surface area contributed by atoms with Gasteiger partial charge in [0.25, 0.3) is 0 Å². The lowest BCUT2D eigenvalue weighted by Gasteiger charge is -2.05. The normalized spacial score (nSPS) is 11.5. The van der Waals surface area contributed by atoms with E-state index in [1.54, 1.807) is 12.2 Å². The van der Waals surface area contributed by atoms with Crippen LogP contribution in [-0.2, 0) is 4.74 Å². The average molecular weight is 232 g/mol. The van der Waals surface area contributed by atoms with Gasteiger partial charge in [0, 0.05) is 0 Å². The van der Waals surface area contributed by atoms with Crippen LogP contribution in [-0.4, -0.2) is 0 Å². The SMILES string of the molecule is C=C/C(C)=C\C(=C)O/C(C=C)=C/C=C\C.CC. The molecule has 0 atom stereocenters. The van der Waals surface area contributed by atoms with Crippen LogP contribution in [0.1, 0.15) is 27.7 Å². The third-order valence-corrected chi connectivity index (χ3v) is 1.61. The van der Waals surface area contributed by atoms with Crippen LogP contribution in [0.15, 0.2) is 73.3 Å². The Kier molecular flexibility index (Phi) is 12.8. The number of ether oxygens (including phenoxy) is 1. The van der Waals surface area contributed by atoms with E-state index in [4.69, 9.17) is 4.74 Å². The number of hydrogen-bond donors (Lipinski definition) is 0. The summed E-state index contributed by atoms with van der Waals surface area (Å²) in [6, 6.07) is 0. The first-order valence-corrected chi connectivity index (χ1v) is 5.77. The highest BCUT2D eigenvalue weighted by molar-refractivity contribution is 5.25. The molecule has 0 aliphatic heterocycles. The highest BCUT2D eigenvalue weighted by Crippen LogP contribution is 2.09. The fourth-order valence-electron chi connectivity index (χ4n) is 0.828. The van der Waals surface area contributed by atoms with Gasteiger partial charge >= 0.3 is 0 Å². The molecule has 1 heteroatoms. The summed E-state index contributed by atoms with van der Waals surface area (Å²) < 4.78 is 5.45. The molecular weight excluding hydrogens is 208 g/mol. The van der Waals surface area contributed by atoms with Crippen LogP contribution in [0, 0.1) is 0 Å². The molecule has 0 heterocycles. The van der Waals surface area contributed by atoms with Gasteiger partial charge in [-0.25, -0.2) is 0 Å². The number of rotatable bonds is 6. The summed E-state index contributed by atoms with van der Waals surface area (Å²) in [5, 5.41) is 0. The van der Waals surface area contributed by atoms with Gasteiger partial charge in [0.05, 0.1) is 0 Å². The van der Waals surface area contributed by atoms with E-state index in [0.29, 0.717) is 11.5 Å². The van der Waals surface area contributed by atoms with Gasteiger partial charge in [0.1, 0.15) is 11.5 Å². The van der Waals surface area contributed by atoms with Gasteiger partial charge in [-0.1, -0.05) is 51.8 Å². The maximum Gasteiger partial charge on any atom is 0.126 e. The lowest BCUT2D eigenvalue weighted by atomic mass is 10.2.